The summed E-state index contributed by atoms with van der Waals surface area (Å²) >= 11 is 0. The van der Waals surface area contributed by atoms with Crippen molar-refractivity contribution in [3.05, 3.63) is 71.3 Å². The maximum absolute atomic E-state index is 12.7. The first-order valence-electron chi connectivity index (χ1n) is 21.8. The Labute approximate surface area is 351 Å². The lowest BCUT2D eigenvalue weighted by atomic mass is 10.0. The summed E-state index contributed by atoms with van der Waals surface area (Å²) in [6.07, 6.45) is 33.3. The highest BCUT2D eigenvalue weighted by atomic mass is 31.2. The number of nitrogens with zero attached hydrogens (tertiary/aromatic N) is 1. The smallest absolute Gasteiger partial charge is 0.466 e. The zero-order chi connectivity index (χ0) is 42.9. The molecular formula is C46H79NO10P+. The second kappa shape index (κ2) is 33.0. The number of likely N-dealkylation sites (N-methyl/N-ethyl adjacent to an activating group) is 1. The molecule has 0 fully saturated rings. The molecular weight excluding hydrogens is 757 g/mol. The Balaban J connectivity index is 2.40. The van der Waals surface area contributed by atoms with Crippen molar-refractivity contribution in [1.29, 1.82) is 0 Å². The first-order valence-corrected chi connectivity index (χ1v) is 23.3. The minimum atomic E-state index is -4.41. The summed E-state index contributed by atoms with van der Waals surface area (Å²) in [5, 5.41) is 8.80. The van der Waals surface area contributed by atoms with Crippen molar-refractivity contribution in [3.63, 3.8) is 0 Å². The number of esters is 2. The summed E-state index contributed by atoms with van der Waals surface area (Å²) in [4.78, 5) is 35.4. The molecule has 1 aromatic rings. The van der Waals surface area contributed by atoms with Gasteiger partial charge in [0, 0.05) is 32.3 Å². The first kappa shape index (κ1) is 53.2. The molecule has 0 aliphatic carbocycles. The van der Waals surface area contributed by atoms with E-state index in [4.69, 9.17) is 28.0 Å². The van der Waals surface area contributed by atoms with Crippen molar-refractivity contribution in [2.24, 2.45) is 0 Å². The second-order valence-corrected chi connectivity index (χ2v) is 17.5. The van der Waals surface area contributed by atoms with Crippen LogP contribution < -0.4 is 0 Å². The van der Waals surface area contributed by atoms with Gasteiger partial charge in [-0.1, -0.05) is 87.6 Å². The Bertz CT molecular complexity index is 1410. The summed E-state index contributed by atoms with van der Waals surface area (Å²) in [5.41, 5.74) is 2.57. The Kier molecular flexibility index (Phi) is 30.3. The Morgan fingerprint density at radius 1 is 0.690 bits per heavy atom. The summed E-state index contributed by atoms with van der Waals surface area (Å²) in [5.74, 6) is 1.32. The SMILES string of the molecule is CCCc1oc(CCCCCCCCC(=O)OC[C@H](COP(=O)(O)OCC[N+](C)(C)C)OC(=O)CCC/C=C\C/C=C\C/C=C\C/C=C\CCCCCO)c(C)c1C. The number of hydrogen-bond acceptors (Lipinski definition) is 9. The molecule has 332 valence electrons. The lowest BCUT2D eigenvalue weighted by Crippen LogP contribution is -2.37. The van der Waals surface area contributed by atoms with Gasteiger partial charge in [0.1, 0.15) is 31.3 Å². The van der Waals surface area contributed by atoms with Crippen molar-refractivity contribution in [3.8, 4) is 0 Å². The number of phosphoric acid groups is 1. The molecule has 0 saturated heterocycles. The highest BCUT2D eigenvalue weighted by Crippen LogP contribution is 2.43. The molecule has 1 unspecified atom stereocenters. The number of unbranched alkanes of at least 4 members (excludes halogenated alkanes) is 9. The van der Waals surface area contributed by atoms with Crippen molar-refractivity contribution < 1.29 is 51.6 Å². The Hall–Kier alpha value is -2.79. The van der Waals surface area contributed by atoms with E-state index in [1.54, 1.807) is 0 Å². The van der Waals surface area contributed by atoms with E-state index < -0.39 is 32.5 Å². The van der Waals surface area contributed by atoms with Gasteiger partial charge in [-0.15, -0.1) is 0 Å². The van der Waals surface area contributed by atoms with Gasteiger partial charge in [0.15, 0.2) is 6.10 Å². The molecule has 0 saturated carbocycles. The van der Waals surface area contributed by atoms with Crippen LogP contribution in [0.5, 0.6) is 0 Å². The quantitative estimate of drug-likeness (QED) is 0.0221. The van der Waals surface area contributed by atoms with Gasteiger partial charge >= 0.3 is 19.8 Å². The molecule has 2 N–H and O–H groups in total. The fourth-order valence-electron chi connectivity index (χ4n) is 5.91. The van der Waals surface area contributed by atoms with Gasteiger partial charge in [-0.3, -0.25) is 18.6 Å². The van der Waals surface area contributed by atoms with Gasteiger partial charge in [0.25, 0.3) is 0 Å². The topological polar surface area (TPSA) is 142 Å². The van der Waals surface area contributed by atoms with E-state index in [1.165, 1.54) is 11.1 Å². The molecule has 1 heterocycles. The minimum absolute atomic E-state index is 0.00629. The molecule has 1 rings (SSSR count). The normalized spacial score (nSPS) is 14.0. The number of carbonyl (C=O) groups excluding carboxylic acids is 2. The molecule has 0 aliphatic rings. The number of carbonyl (C=O) groups is 2. The van der Waals surface area contributed by atoms with Crippen LogP contribution in [0.25, 0.3) is 0 Å². The number of phosphoric ester groups is 1. The predicted octanol–water partition coefficient (Wildman–Crippen LogP) is 10.5. The fraction of sp³-hybridized carbons (Fsp3) is 0.696. The molecule has 0 radical (unpaired) electrons. The van der Waals surface area contributed by atoms with Crippen molar-refractivity contribution >= 4 is 19.8 Å². The zero-order valence-electron chi connectivity index (χ0n) is 36.9. The summed E-state index contributed by atoms with van der Waals surface area (Å²) in [6.45, 7) is 6.50. The van der Waals surface area contributed by atoms with Gasteiger partial charge in [0.05, 0.1) is 27.7 Å². The Morgan fingerprint density at radius 2 is 1.22 bits per heavy atom. The summed E-state index contributed by atoms with van der Waals surface area (Å²) in [6, 6.07) is 0. The highest BCUT2D eigenvalue weighted by molar-refractivity contribution is 7.47. The number of aryl methyl sites for hydroxylation is 2. The average Bonchev–Trinajstić information content (AvgIpc) is 3.43. The number of furan rings is 1. The van der Waals surface area contributed by atoms with E-state index >= 15 is 0 Å². The predicted molar refractivity (Wildman–Crippen MR) is 233 cm³/mol. The van der Waals surface area contributed by atoms with Crippen LogP contribution >= 0.6 is 7.82 Å². The molecule has 2 atom stereocenters. The highest BCUT2D eigenvalue weighted by Gasteiger charge is 2.27. The van der Waals surface area contributed by atoms with E-state index in [0.29, 0.717) is 30.3 Å². The summed E-state index contributed by atoms with van der Waals surface area (Å²) in [7, 11) is 1.39. The number of aliphatic hydroxyl groups is 1. The molecule has 0 aromatic carbocycles. The van der Waals surface area contributed by atoms with Gasteiger partial charge in [-0.2, -0.15) is 0 Å². The molecule has 12 heteroatoms. The molecule has 11 nitrogen and oxygen atoms in total. The number of quaternary nitrogens is 1. The fourth-order valence-corrected chi connectivity index (χ4v) is 6.66. The number of aliphatic hydroxyl groups excluding tert-OH is 1. The van der Waals surface area contributed by atoms with Crippen molar-refractivity contribution in [2.45, 2.75) is 155 Å². The minimum Gasteiger partial charge on any atom is -0.466 e. The molecule has 0 spiro atoms. The van der Waals surface area contributed by atoms with Gasteiger partial charge in [-0.05, 0) is 95.6 Å². The van der Waals surface area contributed by atoms with E-state index in [9.17, 15) is 19.0 Å². The number of ether oxygens (including phenoxy) is 2. The maximum Gasteiger partial charge on any atom is 0.472 e. The van der Waals surface area contributed by atoms with E-state index in [2.05, 4.69) is 63.3 Å². The van der Waals surface area contributed by atoms with Crippen LogP contribution in [0.2, 0.25) is 0 Å². The van der Waals surface area contributed by atoms with Crippen LogP contribution in [0.3, 0.4) is 0 Å². The third kappa shape index (κ3) is 29.4. The lowest BCUT2D eigenvalue weighted by molar-refractivity contribution is -0.870. The lowest BCUT2D eigenvalue weighted by Gasteiger charge is -2.24. The standard InChI is InChI=1S/C46H78NO10P/c1-7-31-43-40(2)41(3)44(57-43)32-27-23-20-21-24-28-33-45(49)53-38-42(39-55-58(51,52)54-37-35-47(4,5)6)56-46(50)34-29-25-19-17-15-13-11-9-8-10-12-14-16-18-22-26-30-36-48/h8,10-11,13-14,16-17,19,42,48H,7,9,12,15,18,20-39H2,1-6H3/p+1/b10-8-,13-11-,16-14-,19-17-/t42-/m1/s1. The molecule has 1 aromatic heterocycles. The first-order chi connectivity index (χ1) is 27.8. The van der Waals surface area contributed by atoms with E-state index in [1.807, 2.05) is 27.2 Å². The van der Waals surface area contributed by atoms with Crippen LogP contribution in [-0.4, -0.2) is 86.6 Å². The third-order valence-corrected chi connectivity index (χ3v) is 10.6. The third-order valence-electron chi connectivity index (χ3n) is 9.59. The largest absolute Gasteiger partial charge is 0.472 e. The number of hydrogen-bond donors (Lipinski definition) is 2. The monoisotopic (exact) mass is 837 g/mol. The molecule has 0 amide bonds. The molecule has 0 aliphatic heterocycles. The van der Waals surface area contributed by atoms with Gasteiger partial charge in [0.2, 0.25) is 0 Å². The van der Waals surface area contributed by atoms with E-state index in [0.717, 1.165) is 108 Å². The Morgan fingerprint density at radius 3 is 1.83 bits per heavy atom. The number of rotatable bonds is 36. The van der Waals surface area contributed by atoms with Crippen molar-refractivity contribution in [1.82, 2.24) is 0 Å². The zero-order valence-corrected chi connectivity index (χ0v) is 37.8. The molecule has 58 heavy (non-hydrogen) atoms. The van der Waals surface area contributed by atoms with E-state index in [-0.39, 0.29) is 32.7 Å². The molecule has 0 bridgehead atoms. The van der Waals surface area contributed by atoms with Crippen LogP contribution in [-0.2, 0) is 45.5 Å². The van der Waals surface area contributed by atoms with Crippen LogP contribution in [0, 0.1) is 13.8 Å². The van der Waals surface area contributed by atoms with Gasteiger partial charge in [-0.25, -0.2) is 4.57 Å². The number of allylic oxidation sites excluding steroid dienone is 8. The second-order valence-electron chi connectivity index (χ2n) is 16.0. The van der Waals surface area contributed by atoms with Crippen molar-refractivity contribution in [2.75, 3.05) is 54.1 Å². The van der Waals surface area contributed by atoms with Crippen LogP contribution in [0.4, 0.5) is 0 Å². The summed E-state index contributed by atoms with van der Waals surface area (Å²) < 4.78 is 40.4. The van der Waals surface area contributed by atoms with Gasteiger partial charge < -0.3 is 28.4 Å². The van der Waals surface area contributed by atoms with Crippen LogP contribution in [0.15, 0.2) is 53.0 Å². The maximum atomic E-state index is 12.7. The average molecular weight is 837 g/mol. The van der Waals surface area contributed by atoms with Crippen LogP contribution in [0.1, 0.15) is 145 Å².